The number of esters is 2. The molecule has 0 aliphatic carbocycles. The highest BCUT2D eigenvalue weighted by molar-refractivity contribution is 7.45. The number of carbonyl (C=O) groups is 2. The largest absolute Gasteiger partial charge is 0.756 e. The Labute approximate surface area is 346 Å². The molecule has 2 atom stereocenters. The lowest BCUT2D eigenvalue weighted by Crippen LogP contribution is -2.37. The quantitative estimate of drug-likeness (QED) is 0.0259. The number of likely N-dealkylation sites (N-methyl/N-ethyl adjacent to an activating group) is 1. The molecule has 0 aromatic rings. The molecule has 0 radical (unpaired) electrons. The van der Waals surface area contributed by atoms with Crippen molar-refractivity contribution in [2.45, 2.75) is 238 Å². The van der Waals surface area contributed by atoms with E-state index >= 15 is 0 Å². The molecule has 0 spiro atoms. The second-order valence-electron chi connectivity index (χ2n) is 17.5. The van der Waals surface area contributed by atoms with Gasteiger partial charge in [-0.2, -0.15) is 0 Å². The summed E-state index contributed by atoms with van der Waals surface area (Å²) in [6, 6.07) is 0. The Hall–Kier alpha value is -0.990. The van der Waals surface area contributed by atoms with Crippen LogP contribution in [0.25, 0.3) is 0 Å². The van der Waals surface area contributed by atoms with E-state index < -0.39 is 26.5 Å². The van der Waals surface area contributed by atoms with Crippen LogP contribution < -0.4 is 4.89 Å². The summed E-state index contributed by atoms with van der Waals surface area (Å²) in [7, 11) is 1.18. The predicted octanol–water partition coefficient (Wildman–Crippen LogP) is 13.0. The fourth-order valence-corrected chi connectivity index (χ4v) is 7.62. The van der Waals surface area contributed by atoms with Gasteiger partial charge in [0.2, 0.25) is 0 Å². The molecule has 56 heavy (non-hydrogen) atoms. The highest BCUT2D eigenvalue weighted by Gasteiger charge is 2.21. The van der Waals surface area contributed by atoms with Crippen molar-refractivity contribution in [1.29, 1.82) is 0 Å². The van der Waals surface area contributed by atoms with E-state index in [-0.39, 0.29) is 32.0 Å². The molecule has 0 aromatic heterocycles. The molecule has 0 heterocycles. The summed E-state index contributed by atoms with van der Waals surface area (Å²) in [5, 5.41) is 0. The number of hydrogen-bond donors (Lipinski definition) is 0. The van der Waals surface area contributed by atoms with Gasteiger partial charge in [-0.1, -0.05) is 206 Å². The molecule has 0 rings (SSSR count). The van der Waals surface area contributed by atoms with Gasteiger partial charge in [-0.05, 0) is 12.8 Å². The fraction of sp³-hybridized carbons (Fsp3) is 0.957. The molecule has 334 valence electrons. The molecule has 0 aliphatic rings. The van der Waals surface area contributed by atoms with Crippen LogP contribution in [0.1, 0.15) is 232 Å². The third-order valence-corrected chi connectivity index (χ3v) is 11.6. The number of rotatable bonds is 44. The van der Waals surface area contributed by atoms with Gasteiger partial charge in [-0.25, -0.2) is 0 Å². The van der Waals surface area contributed by atoms with Crippen LogP contribution in [0.3, 0.4) is 0 Å². The van der Waals surface area contributed by atoms with Crippen molar-refractivity contribution in [3.63, 3.8) is 0 Å². The van der Waals surface area contributed by atoms with Gasteiger partial charge in [-0.15, -0.1) is 0 Å². The summed E-state index contributed by atoms with van der Waals surface area (Å²) in [6.07, 6.45) is 40.1. The van der Waals surface area contributed by atoms with Gasteiger partial charge in [-0.3, -0.25) is 14.2 Å². The molecule has 9 nitrogen and oxygen atoms in total. The van der Waals surface area contributed by atoms with E-state index in [2.05, 4.69) is 13.8 Å². The maximum absolute atomic E-state index is 12.6. The molecule has 0 saturated heterocycles. The Bertz CT molecular complexity index is 927. The van der Waals surface area contributed by atoms with E-state index in [1.165, 1.54) is 161 Å². The van der Waals surface area contributed by atoms with Gasteiger partial charge in [0.1, 0.15) is 19.8 Å². The number of phosphoric acid groups is 1. The highest BCUT2D eigenvalue weighted by atomic mass is 31.2. The predicted molar refractivity (Wildman–Crippen MR) is 232 cm³/mol. The van der Waals surface area contributed by atoms with Crippen LogP contribution in [0.4, 0.5) is 0 Å². The molecule has 0 bridgehead atoms. The van der Waals surface area contributed by atoms with Gasteiger partial charge in [0.25, 0.3) is 7.82 Å². The molecular weight excluding hydrogens is 725 g/mol. The van der Waals surface area contributed by atoms with Crippen LogP contribution >= 0.6 is 7.82 Å². The van der Waals surface area contributed by atoms with Crippen molar-refractivity contribution in [3.8, 4) is 0 Å². The Morgan fingerprint density at radius 2 is 0.804 bits per heavy atom. The minimum absolute atomic E-state index is 0.0259. The van der Waals surface area contributed by atoms with Gasteiger partial charge < -0.3 is 27.9 Å². The summed E-state index contributed by atoms with van der Waals surface area (Å²) in [6.45, 7) is 4.24. The lowest BCUT2D eigenvalue weighted by Gasteiger charge is -2.28. The normalized spacial score (nSPS) is 13.5. The van der Waals surface area contributed by atoms with E-state index in [9.17, 15) is 19.0 Å². The van der Waals surface area contributed by atoms with Crippen LogP contribution in [0.5, 0.6) is 0 Å². The topological polar surface area (TPSA) is 111 Å². The molecule has 0 fully saturated rings. The fourth-order valence-electron chi connectivity index (χ4n) is 6.89. The Kier molecular flexibility index (Phi) is 38.8. The van der Waals surface area contributed by atoms with E-state index in [1.807, 2.05) is 21.1 Å². The first-order valence-corrected chi connectivity index (χ1v) is 25.2. The SMILES string of the molecule is CCCCCCCCCCCCCCCCCCCCCCCCCC(=O)OCC(COP(=O)([O-])OCC[N+](C)(C)C)OC(=O)CCCCCCCCCCC. The van der Waals surface area contributed by atoms with Crippen LogP contribution in [-0.2, 0) is 32.7 Å². The van der Waals surface area contributed by atoms with E-state index in [1.54, 1.807) is 0 Å². The van der Waals surface area contributed by atoms with Crippen molar-refractivity contribution in [1.82, 2.24) is 0 Å². The first kappa shape index (κ1) is 55.0. The first-order valence-electron chi connectivity index (χ1n) is 23.7. The van der Waals surface area contributed by atoms with Gasteiger partial charge in [0.05, 0.1) is 27.7 Å². The van der Waals surface area contributed by atoms with Gasteiger partial charge in [0.15, 0.2) is 6.10 Å². The van der Waals surface area contributed by atoms with E-state index in [4.69, 9.17) is 18.5 Å². The molecular formula is C46H92NO8P. The monoisotopic (exact) mass is 818 g/mol. The second kappa shape index (κ2) is 39.5. The first-order chi connectivity index (χ1) is 27.0. The van der Waals surface area contributed by atoms with Crippen LogP contribution in [0.15, 0.2) is 0 Å². The van der Waals surface area contributed by atoms with Crippen LogP contribution in [-0.4, -0.2) is 70.0 Å². The molecule has 0 saturated carbocycles. The third-order valence-electron chi connectivity index (χ3n) is 10.6. The van der Waals surface area contributed by atoms with Crippen LogP contribution in [0, 0.1) is 0 Å². The van der Waals surface area contributed by atoms with Crippen molar-refractivity contribution in [2.24, 2.45) is 0 Å². The standard InChI is InChI=1S/C46H92NO8P/c1-6-8-10-12-14-16-17-18-19-20-21-22-23-24-25-26-27-28-29-31-32-34-36-38-45(48)52-42-44(43-54-56(50,51)53-41-40-47(3,4)5)55-46(49)39-37-35-33-30-15-13-11-9-7-2/h44H,6-43H2,1-5H3. The maximum atomic E-state index is 12.6. The number of carbonyl (C=O) groups excluding carboxylic acids is 2. The lowest BCUT2D eigenvalue weighted by molar-refractivity contribution is -0.870. The molecule has 0 aromatic carbocycles. The Morgan fingerprint density at radius 3 is 1.14 bits per heavy atom. The highest BCUT2D eigenvalue weighted by Crippen LogP contribution is 2.38. The molecule has 10 heteroatoms. The van der Waals surface area contributed by atoms with E-state index in [0.717, 1.165) is 38.5 Å². The smallest absolute Gasteiger partial charge is 0.306 e. The van der Waals surface area contributed by atoms with Crippen LogP contribution in [0.2, 0.25) is 0 Å². The van der Waals surface area contributed by atoms with Crippen molar-refractivity contribution >= 4 is 19.8 Å². The zero-order valence-electron chi connectivity index (χ0n) is 37.6. The van der Waals surface area contributed by atoms with Crippen molar-refractivity contribution < 1.29 is 42.1 Å². The second-order valence-corrected chi connectivity index (χ2v) is 18.9. The average molecular weight is 818 g/mol. The molecule has 0 aliphatic heterocycles. The summed E-state index contributed by atoms with van der Waals surface area (Å²) >= 11 is 0. The minimum atomic E-state index is -4.61. The third kappa shape index (κ3) is 42.6. The van der Waals surface area contributed by atoms with E-state index in [0.29, 0.717) is 17.4 Å². The van der Waals surface area contributed by atoms with Gasteiger partial charge >= 0.3 is 11.9 Å². The minimum Gasteiger partial charge on any atom is -0.756 e. The molecule has 0 amide bonds. The summed E-state index contributed by atoms with van der Waals surface area (Å²) in [5.41, 5.74) is 0. The Balaban J connectivity index is 4.08. The van der Waals surface area contributed by atoms with Gasteiger partial charge in [0, 0.05) is 12.8 Å². The molecule has 2 unspecified atom stereocenters. The maximum Gasteiger partial charge on any atom is 0.306 e. The zero-order chi connectivity index (χ0) is 41.4. The number of ether oxygens (including phenoxy) is 2. The summed E-state index contributed by atoms with van der Waals surface area (Å²) < 4.78 is 33.9. The number of hydrogen-bond acceptors (Lipinski definition) is 8. The summed E-state index contributed by atoms with van der Waals surface area (Å²) in [4.78, 5) is 37.4. The summed E-state index contributed by atoms with van der Waals surface area (Å²) in [5.74, 6) is -0.822. The Morgan fingerprint density at radius 1 is 0.482 bits per heavy atom. The lowest BCUT2D eigenvalue weighted by atomic mass is 10.0. The number of nitrogens with zero attached hydrogens (tertiary/aromatic N) is 1. The zero-order valence-corrected chi connectivity index (χ0v) is 38.5. The number of phosphoric ester groups is 1. The van der Waals surface area contributed by atoms with Crippen molar-refractivity contribution in [2.75, 3.05) is 47.5 Å². The molecule has 0 N–H and O–H groups in total. The average Bonchev–Trinajstić information content (AvgIpc) is 3.15. The number of quaternary nitrogens is 1. The number of unbranched alkanes of at least 4 members (excludes halogenated alkanes) is 30. The van der Waals surface area contributed by atoms with Crippen molar-refractivity contribution in [3.05, 3.63) is 0 Å².